The normalized spacial score (nSPS) is 20.1. The van der Waals surface area contributed by atoms with Crippen molar-refractivity contribution in [1.29, 1.82) is 0 Å². The molecule has 1 aromatic rings. The Kier molecular flexibility index (Phi) is 6.32. The van der Waals surface area contributed by atoms with E-state index >= 15 is 0 Å². The van der Waals surface area contributed by atoms with Crippen molar-refractivity contribution in [2.24, 2.45) is 5.41 Å². The quantitative estimate of drug-likeness (QED) is 0.548. The summed E-state index contributed by atoms with van der Waals surface area (Å²) < 4.78 is 6.17. The van der Waals surface area contributed by atoms with Crippen LogP contribution in [0.2, 0.25) is 0 Å². The third-order valence-corrected chi connectivity index (χ3v) is 4.99. The highest BCUT2D eigenvalue weighted by Gasteiger charge is 2.54. The SMILES string of the molecule is CC.CC.CC1(C)Oc2ccccc2C(C)(C)C1(C)C. The highest BCUT2D eigenvalue weighted by molar-refractivity contribution is 5.44. The van der Waals surface area contributed by atoms with E-state index in [9.17, 15) is 0 Å². The maximum absolute atomic E-state index is 6.17. The minimum absolute atomic E-state index is 0.0916. The maximum Gasteiger partial charge on any atom is 0.123 e. The van der Waals surface area contributed by atoms with E-state index in [0.717, 1.165) is 5.75 Å². The molecule has 0 atom stereocenters. The van der Waals surface area contributed by atoms with Gasteiger partial charge >= 0.3 is 0 Å². The summed E-state index contributed by atoms with van der Waals surface area (Å²) in [4.78, 5) is 0. The molecular formula is C19H34O. The molecule has 2 rings (SSSR count). The molecule has 0 fully saturated rings. The number of hydrogen-bond acceptors (Lipinski definition) is 1. The lowest BCUT2D eigenvalue weighted by atomic mass is 9.56. The summed E-state index contributed by atoms with van der Waals surface area (Å²) >= 11 is 0. The van der Waals surface area contributed by atoms with Gasteiger partial charge in [-0.3, -0.25) is 0 Å². The van der Waals surface area contributed by atoms with Gasteiger partial charge in [-0.1, -0.05) is 73.6 Å². The lowest BCUT2D eigenvalue weighted by Crippen LogP contribution is -2.57. The van der Waals surface area contributed by atoms with Crippen molar-refractivity contribution in [2.75, 3.05) is 0 Å². The van der Waals surface area contributed by atoms with Gasteiger partial charge in [0.15, 0.2) is 0 Å². The molecule has 0 saturated heterocycles. The molecule has 0 N–H and O–H groups in total. The van der Waals surface area contributed by atoms with Crippen LogP contribution in [-0.2, 0) is 5.41 Å². The van der Waals surface area contributed by atoms with Crippen LogP contribution in [0.5, 0.6) is 5.75 Å². The summed E-state index contributed by atoms with van der Waals surface area (Å²) in [5.41, 5.74) is 1.38. The van der Waals surface area contributed by atoms with Gasteiger partial charge in [-0.05, 0) is 19.9 Å². The van der Waals surface area contributed by atoms with Gasteiger partial charge in [-0.2, -0.15) is 0 Å². The second-order valence-corrected chi connectivity index (χ2v) is 6.36. The van der Waals surface area contributed by atoms with E-state index in [1.807, 2.05) is 33.8 Å². The van der Waals surface area contributed by atoms with Crippen molar-refractivity contribution < 1.29 is 4.74 Å². The van der Waals surface area contributed by atoms with Crippen LogP contribution in [0, 0.1) is 5.41 Å². The first-order valence-electron chi connectivity index (χ1n) is 7.99. The molecular weight excluding hydrogens is 244 g/mol. The minimum atomic E-state index is -0.148. The molecule has 1 heteroatoms. The second-order valence-electron chi connectivity index (χ2n) is 6.36. The maximum atomic E-state index is 6.17. The molecule has 20 heavy (non-hydrogen) atoms. The number of fused-ring (bicyclic) bond motifs is 1. The van der Waals surface area contributed by atoms with Crippen molar-refractivity contribution in [3.63, 3.8) is 0 Å². The Hall–Kier alpha value is -0.980. The van der Waals surface area contributed by atoms with Gasteiger partial charge in [0.1, 0.15) is 11.4 Å². The van der Waals surface area contributed by atoms with Gasteiger partial charge in [0.2, 0.25) is 0 Å². The van der Waals surface area contributed by atoms with Crippen molar-refractivity contribution in [2.45, 2.75) is 80.3 Å². The third-order valence-electron chi connectivity index (χ3n) is 4.99. The Morgan fingerprint density at radius 1 is 0.750 bits per heavy atom. The van der Waals surface area contributed by atoms with Crippen LogP contribution in [0.4, 0.5) is 0 Å². The predicted molar refractivity (Wildman–Crippen MR) is 90.7 cm³/mol. The molecule has 0 saturated carbocycles. The van der Waals surface area contributed by atoms with E-state index < -0.39 is 0 Å². The molecule has 1 aromatic carbocycles. The Morgan fingerprint density at radius 2 is 1.20 bits per heavy atom. The van der Waals surface area contributed by atoms with Gasteiger partial charge in [-0.25, -0.2) is 0 Å². The van der Waals surface area contributed by atoms with Crippen LogP contribution in [0.3, 0.4) is 0 Å². The molecule has 0 unspecified atom stereocenters. The van der Waals surface area contributed by atoms with Crippen LogP contribution >= 0.6 is 0 Å². The summed E-state index contributed by atoms with van der Waals surface area (Å²) in [6, 6.07) is 8.40. The van der Waals surface area contributed by atoms with E-state index in [-0.39, 0.29) is 16.4 Å². The molecule has 1 aliphatic heterocycles. The molecule has 0 aliphatic carbocycles. The fourth-order valence-electron chi connectivity index (χ4n) is 2.56. The topological polar surface area (TPSA) is 9.23 Å². The Labute approximate surface area is 126 Å². The summed E-state index contributed by atoms with van der Waals surface area (Å²) in [6.45, 7) is 21.6. The van der Waals surface area contributed by atoms with E-state index in [2.05, 4.69) is 59.7 Å². The van der Waals surface area contributed by atoms with E-state index in [1.54, 1.807) is 0 Å². The molecule has 1 heterocycles. The molecule has 1 aliphatic rings. The highest BCUT2D eigenvalue weighted by Crippen LogP contribution is 2.55. The first kappa shape index (κ1) is 19.0. The van der Waals surface area contributed by atoms with Gasteiger partial charge in [0.25, 0.3) is 0 Å². The van der Waals surface area contributed by atoms with Crippen LogP contribution < -0.4 is 4.74 Å². The first-order valence-corrected chi connectivity index (χ1v) is 7.99. The zero-order valence-electron chi connectivity index (χ0n) is 15.2. The zero-order chi connectivity index (χ0) is 16.2. The predicted octanol–water partition coefficient (Wildman–Crippen LogP) is 6.21. The largest absolute Gasteiger partial charge is 0.487 e. The monoisotopic (exact) mass is 278 g/mol. The van der Waals surface area contributed by atoms with Crippen molar-refractivity contribution in [3.05, 3.63) is 29.8 Å². The van der Waals surface area contributed by atoms with Crippen LogP contribution in [0.25, 0.3) is 0 Å². The zero-order valence-corrected chi connectivity index (χ0v) is 15.2. The number of benzene rings is 1. The Morgan fingerprint density at radius 3 is 1.70 bits per heavy atom. The van der Waals surface area contributed by atoms with Crippen LogP contribution in [0.15, 0.2) is 24.3 Å². The van der Waals surface area contributed by atoms with Gasteiger partial charge in [0.05, 0.1) is 0 Å². The Balaban J connectivity index is 0.000000829. The second kappa shape index (κ2) is 6.65. The van der Waals surface area contributed by atoms with Crippen molar-refractivity contribution >= 4 is 0 Å². The summed E-state index contributed by atoms with van der Waals surface area (Å²) in [7, 11) is 0. The molecule has 0 radical (unpaired) electrons. The van der Waals surface area contributed by atoms with Crippen LogP contribution in [-0.4, -0.2) is 5.60 Å². The number of rotatable bonds is 0. The average Bonchev–Trinajstić information content (AvgIpc) is 2.41. The number of hydrogen-bond donors (Lipinski definition) is 0. The minimum Gasteiger partial charge on any atom is -0.487 e. The summed E-state index contributed by atoms with van der Waals surface area (Å²) in [6.07, 6.45) is 0. The molecule has 0 bridgehead atoms. The summed E-state index contributed by atoms with van der Waals surface area (Å²) in [5, 5.41) is 0. The van der Waals surface area contributed by atoms with Gasteiger partial charge in [0, 0.05) is 16.4 Å². The number of ether oxygens (including phenoxy) is 1. The van der Waals surface area contributed by atoms with E-state index in [0.29, 0.717) is 0 Å². The molecule has 0 amide bonds. The van der Waals surface area contributed by atoms with Gasteiger partial charge < -0.3 is 4.74 Å². The lowest BCUT2D eigenvalue weighted by molar-refractivity contribution is -0.0742. The molecule has 0 spiro atoms. The lowest BCUT2D eigenvalue weighted by Gasteiger charge is -2.56. The van der Waals surface area contributed by atoms with E-state index in [4.69, 9.17) is 4.74 Å². The standard InChI is InChI=1S/C15H22O.2C2H6/c1-13(2)11-9-7-8-10-12(11)16-15(5,6)14(13,3)4;2*1-2/h7-10H,1-6H3;2*1-2H3. The molecule has 0 aromatic heterocycles. The number of para-hydroxylation sites is 1. The highest BCUT2D eigenvalue weighted by atomic mass is 16.5. The smallest absolute Gasteiger partial charge is 0.123 e. The fourth-order valence-corrected chi connectivity index (χ4v) is 2.56. The molecule has 1 nitrogen and oxygen atoms in total. The Bertz CT molecular complexity index is 414. The third kappa shape index (κ3) is 2.87. The van der Waals surface area contributed by atoms with Gasteiger partial charge in [-0.15, -0.1) is 0 Å². The van der Waals surface area contributed by atoms with Crippen LogP contribution in [0.1, 0.15) is 74.8 Å². The van der Waals surface area contributed by atoms with E-state index in [1.165, 1.54) is 5.56 Å². The van der Waals surface area contributed by atoms with Crippen molar-refractivity contribution in [3.8, 4) is 5.75 Å². The first-order chi connectivity index (χ1) is 9.20. The van der Waals surface area contributed by atoms with Crippen molar-refractivity contribution in [1.82, 2.24) is 0 Å². The summed E-state index contributed by atoms with van der Waals surface area (Å²) in [5.74, 6) is 1.04. The average molecular weight is 278 g/mol. The fraction of sp³-hybridized carbons (Fsp3) is 0.684. The molecule has 116 valence electrons.